The molecule has 0 aromatic carbocycles. The van der Waals surface area contributed by atoms with E-state index in [2.05, 4.69) is 10.3 Å². The Morgan fingerprint density at radius 3 is 2.75 bits per heavy atom. The number of hydrazine groups is 1. The highest BCUT2D eigenvalue weighted by atomic mass is 16.7. The summed E-state index contributed by atoms with van der Waals surface area (Å²) in [5, 5.41) is 9.38. The predicted octanol–water partition coefficient (Wildman–Crippen LogP) is -0.900. The van der Waals surface area contributed by atoms with Gasteiger partial charge in [-0.05, 0) is 0 Å². The molecule has 0 aliphatic carbocycles. The summed E-state index contributed by atoms with van der Waals surface area (Å²) in [5.74, 6) is 0. The van der Waals surface area contributed by atoms with Gasteiger partial charge in [-0.15, -0.1) is 5.43 Å². The van der Waals surface area contributed by atoms with Crippen molar-refractivity contribution in [3.05, 3.63) is 10.1 Å². The molecule has 1 aliphatic heterocycles. The van der Waals surface area contributed by atoms with Crippen LogP contribution >= 0.6 is 0 Å². The van der Waals surface area contributed by atoms with Crippen molar-refractivity contribution in [1.29, 1.82) is 0 Å². The molecule has 0 aromatic rings. The van der Waals surface area contributed by atoms with E-state index in [0.29, 0.717) is 13.1 Å². The third kappa shape index (κ3) is 3.49. The maximum Gasteiger partial charge on any atom is 0.157 e. The molecule has 0 spiro atoms. The summed E-state index contributed by atoms with van der Waals surface area (Å²) in [6.07, 6.45) is 0. The van der Waals surface area contributed by atoms with Crippen LogP contribution in [0, 0.1) is 10.1 Å². The summed E-state index contributed by atoms with van der Waals surface area (Å²) in [5.41, 5.74) is 2.13. The summed E-state index contributed by atoms with van der Waals surface area (Å²) in [4.78, 5) is 12.0. The number of nitrogens with zero attached hydrogens (tertiary/aromatic N) is 2. The van der Waals surface area contributed by atoms with Crippen LogP contribution in [0.15, 0.2) is 0 Å². The average molecular weight is 175 g/mol. The third-order valence-corrected chi connectivity index (χ3v) is 1.77. The first-order valence-electron chi connectivity index (χ1n) is 3.97. The van der Waals surface area contributed by atoms with Gasteiger partial charge in [-0.1, -0.05) is 0 Å². The van der Waals surface area contributed by atoms with Gasteiger partial charge in [0.15, 0.2) is 5.03 Å². The summed E-state index contributed by atoms with van der Waals surface area (Å²) in [7, 11) is 0. The van der Waals surface area contributed by atoms with Crippen LogP contribution < -0.4 is 5.43 Å². The van der Waals surface area contributed by atoms with Gasteiger partial charge in [0.1, 0.15) is 0 Å². The van der Waals surface area contributed by atoms with Crippen molar-refractivity contribution >= 4 is 0 Å². The van der Waals surface area contributed by atoms with E-state index in [1.165, 1.54) is 0 Å². The van der Waals surface area contributed by atoms with E-state index in [9.17, 15) is 10.1 Å². The molecule has 1 aliphatic rings. The van der Waals surface area contributed by atoms with E-state index < -0.39 is 5.03 Å². The van der Waals surface area contributed by atoms with Crippen molar-refractivity contribution in [3.63, 3.8) is 0 Å². The lowest BCUT2D eigenvalue weighted by Gasteiger charge is -2.25. The van der Waals surface area contributed by atoms with E-state index in [0.717, 1.165) is 26.3 Å². The van der Waals surface area contributed by atoms with Crippen molar-refractivity contribution < 1.29 is 9.77 Å². The van der Waals surface area contributed by atoms with E-state index >= 15 is 0 Å². The van der Waals surface area contributed by atoms with Gasteiger partial charge in [-0.3, -0.25) is 4.90 Å². The summed E-state index contributed by atoms with van der Waals surface area (Å²) in [6, 6.07) is 0. The first-order valence-corrected chi connectivity index (χ1v) is 3.97. The molecule has 0 aromatic heterocycles. The quantitative estimate of drug-likeness (QED) is 0.443. The highest BCUT2D eigenvalue weighted by Crippen LogP contribution is 1.94. The zero-order valence-electron chi connectivity index (χ0n) is 6.86. The van der Waals surface area contributed by atoms with Crippen LogP contribution in [0.1, 0.15) is 0 Å². The lowest BCUT2D eigenvalue weighted by molar-refractivity contribution is -0.544. The Hall–Kier alpha value is -0.880. The molecule has 1 N–H and O–H groups in total. The molecule has 0 amide bonds. The molecule has 1 rings (SSSR count). The molecule has 1 fully saturated rings. The van der Waals surface area contributed by atoms with Crippen LogP contribution in [-0.2, 0) is 4.74 Å². The van der Waals surface area contributed by atoms with Crippen LogP contribution in [0.4, 0.5) is 0 Å². The lowest BCUT2D eigenvalue weighted by atomic mass is 10.4. The second-order valence-corrected chi connectivity index (χ2v) is 2.62. The number of nitrogens with one attached hydrogen (secondary N) is 1. The normalized spacial score (nSPS) is 19.0. The lowest BCUT2D eigenvalue weighted by Crippen LogP contribution is -2.41. The van der Waals surface area contributed by atoms with Crippen LogP contribution in [0.25, 0.3) is 0 Å². The number of hydrogen-bond donors (Lipinski definition) is 1. The Kier molecular flexibility index (Phi) is 3.75. The Morgan fingerprint density at radius 1 is 1.50 bits per heavy atom. The van der Waals surface area contributed by atoms with Gasteiger partial charge in [0.25, 0.3) is 0 Å². The van der Waals surface area contributed by atoms with Gasteiger partial charge < -0.3 is 4.74 Å². The Morgan fingerprint density at radius 2 is 2.17 bits per heavy atom. The highest BCUT2D eigenvalue weighted by Gasteiger charge is 2.09. The van der Waals surface area contributed by atoms with E-state index in [1.54, 1.807) is 0 Å². The minimum Gasteiger partial charge on any atom is -0.379 e. The molecule has 0 unspecified atom stereocenters. The van der Waals surface area contributed by atoms with Crippen molar-refractivity contribution in [2.45, 2.75) is 0 Å². The minimum atomic E-state index is -0.513. The van der Waals surface area contributed by atoms with E-state index in [1.807, 2.05) is 0 Å². The fourth-order valence-electron chi connectivity index (χ4n) is 1.12. The molecule has 0 saturated carbocycles. The number of nitro groups is 1. The first-order chi connectivity index (χ1) is 5.79. The second kappa shape index (κ2) is 4.89. The fraction of sp³-hybridized carbons (Fsp3) is 1.00. The summed E-state index contributed by atoms with van der Waals surface area (Å²) < 4.78 is 5.13. The molecule has 12 heavy (non-hydrogen) atoms. The molecule has 0 atom stereocenters. The van der Waals surface area contributed by atoms with Crippen LogP contribution in [-0.4, -0.2) is 49.3 Å². The molecule has 70 valence electrons. The maximum absolute atomic E-state index is 9.89. The molecular formula is C6H13N3O3. The third-order valence-electron chi connectivity index (χ3n) is 1.77. The van der Waals surface area contributed by atoms with Crippen molar-refractivity contribution in [3.8, 4) is 0 Å². The van der Waals surface area contributed by atoms with Gasteiger partial charge in [-0.25, -0.2) is 10.1 Å². The molecule has 6 nitrogen and oxygen atoms in total. The van der Waals surface area contributed by atoms with Gasteiger partial charge in [0.2, 0.25) is 0 Å². The molecular weight excluding hydrogens is 162 g/mol. The SMILES string of the molecule is O=[N+]([O-])NCCN1CCOCC1. The Labute approximate surface area is 70.6 Å². The zero-order valence-corrected chi connectivity index (χ0v) is 6.86. The Bertz CT molecular complexity index is 147. The van der Waals surface area contributed by atoms with Crippen LogP contribution in [0.3, 0.4) is 0 Å². The predicted molar refractivity (Wildman–Crippen MR) is 42.3 cm³/mol. The number of hydrogen-bond acceptors (Lipinski definition) is 4. The highest BCUT2D eigenvalue weighted by molar-refractivity contribution is 4.61. The topological polar surface area (TPSA) is 67.6 Å². The van der Waals surface area contributed by atoms with E-state index in [-0.39, 0.29) is 0 Å². The molecule has 0 radical (unpaired) electrons. The molecule has 1 heterocycles. The standard InChI is InChI=1S/C6H13N3O3/c10-9(11)7-1-2-8-3-5-12-6-4-8/h7H,1-6H2. The zero-order chi connectivity index (χ0) is 8.81. The number of rotatable bonds is 4. The van der Waals surface area contributed by atoms with Crippen LogP contribution in [0.5, 0.6) is 0 Å². The van der Waals surface area contributed by atoms with Crippen LogP contribution in [0.2, 0.25) is 0 Å². The average Bonchev–Trinajstić information content (AvgIpc) is 2.05. The monoisotopic (exact) mass is 175 g/mol. The largest absolute Gasteiger partial charge is 0.379 e. The molecule has 1 saturated heterocycles. The first kappa shape index (κ1) is 9.21. The van der Waals surface area contributed by atoms with Crippen molar-refractivity contribution in [1.82, 2.24) is 10.3 Å². The maximum atomic E-state index is 9.89. The summed E-state index contributed by atoms with van der Waals surface area (Å²) >= 11 is 0. The number of ether oxygens (including phenoxy) is 1. The molecule has 6 heteroatoms. The van der Waals surface area contributed by atoms with Crippen molar-refractivity contribution in [2.75, 3.05) is 39.4 Å². The fourth-order valence-corrected chi connectivity index (χ4v) is 1.12. The Balaban J connectivity index is 2.01. The van der Waals surface area contributed by atoms with Gasteiger partial charge >= 0.3 is 0 Å². The number of morpholine rings is 1. The van der Waals surface area contributed by atoms with Gasteiger partial charge in [-0.2, -0.15) is 0 Å². The second-order valence-electron chi connectivity index (χ2n) is 2.62. The smallest absolute Gasteiger partial charge is 0.157 e. The molecule has 0 bridgehead atoms. The van der Waals surface area contributed by atoms with E-state index in [4.69, 9.17) is 4.74 Å². The van der Waals surface area contributed by atoms with Gasteiger partial charge in [0.05, 0.1) is 19.8 Å². The van der Waals surface area contributed by atoms with Gasteiger partial charge in [0, 0.05) is 19.6 Å². The minimum absolute atomic E-state index is 0.396. The van der Waals surface area contributed by atoms with Crippen molar-refractivity contribution in [2.24, 2.45) is 0 Å². The summed E-state index contributed by atoms with van der Waals surface area (Å²) in [6.45, 7) is 4.33.